The van der Waals surface area contributed by atoms with Crippen LogP contribution < -0.4 is 5.32 Å². The Morgan fingerprint density at radius 1 is 1.10 bits per heavy atom. The first kappa shape index (κ1) is 21.1. The molecule has 2 N–H and O–H groups in total. The molecule has 8 nitrogen and oxygen atoms in total. The summed E-state index contributed by atoms with van der Waals surface area (Å²) >= 11 is 3.57. The number of hydrogen-bond acceptors (Lipinski definition) is 6. The van der Waals surface area contributed by atoms with Crippen molar-refractivity contribution < 1.29 is 8.42 Å². The van der Waals surface area contributed by atoms with Gasteiger partial charge in [0.1, 0.15) is 17.8 Å². The highest BCUT2D eigenvalue weighted by Crippen LogP contribution is 2.33. The van der Waals surface area contributed by atoms with Crippen LogP contribution in [0.3, 0.4) is 0 Å². The van der Waals surface area contributed by atoms with Gasteiger partial charge in [-0.3, -0.25) is 4.90 Å². The Kier molecular flexibility index (Phi) is 5.66. The Morgan fingerprint density at radius 2 is 1.84 bits per heavy atom. The third kappa shape index (κ3) is 4.30. The molecule has 0 bridgehead atoms. The fourth-order valence-corrected chi connectivity index (χ4v) is 6.17. The third-order valence-electron chi connectivity index (χ3n) is 6.65. The number of sulfonamides is 1. The van der Waals surface area contributed by atoms with Gasteiger partial charge in [0, 0.05) is 53.6 Å². The molecule has 0 atom stereocenters. The Morgan fingerprint density at radius 3 is 2.55 bits per heavy atom. The van der Waals surface area contributed by atoms with Gasteiger partial charge < -0.3 is 10.3 Å². The average molecular weight is 507 g/mol. The lowest BCUT2D eigenvalue weighted by Gasteiger charge is -2.41. The van der Waals surface area contributed by atoms with E-state index >= 15 is 0 Å². The molecule has 2 fully saturated rings. The Balaban J connectivity index is 1.25. The number of hydrogen-bond donors (Lipinski definition) is 2. The maximum Gasteiger partial charge on any atom is 0.211 e. The van der Waals surface area contributed by atoms with E-state index in [1.54, 1.807) is 10.6 Å². The van der Waals surface area contributed by atoms with Crippen LogP contribution >= 0.6 is 15.9 Å². The standard InChI is InChI=1S/C21H27BrN6O2S/c1-31(29,30)28-10-8-27(9-11-28)16-5-3-15(4-6-16)25-20-19-17-12-14(22)2-7-18(17)26-21(19)24-13-23-20/h2,7,12-13,15-16H,3-6,8-11H2,1H3,(H2,23,24,25,26)/t15-,16-. The Labute approximate surface area is 190 Å². The molecule has 2 aliphatic rings. The lowest BCUT2D eigenvalue weighted by atomic mass is 9.89. The largest absolute Gasteiger partial charge is 0.367 e. The van der Waals surface area contributed by atoms with E-state index in [0.29, 0.717) is 25.2 Å². The third-order valence-corrected chi connectivity index (χ3v) is 8.44. The molecule has 1 aliphatic carbocycles. The van der Waals surface area contributed by atoms with E-state index in [9.17, 15) is 8.42 Å². The Bertz CT molecular complexity index is 1200. The van der Waals surface area contributed by atoms with Gasteiger partial charge in [-0.15, -0.1) is 0 Å². The molecular formula is C21H27BrN6O2S. The van der Waals surface area contributed by atoms with Crippen LogP contribution in [0.4, 0.5) is 5.82 Å². The van der Waals surface area contributed by atoms with Crippen LogP contribution in [-0.4, -0.2) is 77.1 Å². The van der Waals surface area contributed by atoms with Crippen LogP contribution in [0.2, 0.25) is 0 Å². The molecule has 31 heavy (non-hydrogen) atoms. The molecule has 3 aromatic rings. The minimum atomic E-state index is -3.08. The summed E-state index contributed by atoms with van der Waals surface area (Å²) < 4.78 is 26.1. The highest BCUT2D eigenvalue weighted by molar-refractivity contribution is 9.10. The molecule has 0 radical (unpaired) electrons. The van der Waals surface area contributed by atoms with Crippen LogP contribution in [0.25, 0.3) is 21.9 Å². The summed E-state index contributed by atoms with van der Waals surface area (Å²) in [6.07, 6.45) is 7.30. The fraction of sp³-hybridized carbons (Fsp3) is 0.524. The van der Waals surface area contributed by atoms with E-state index in [-0.39, 0.29) is 0 Å². The van der Waals surface area contributed by atoms with Crippen LogP contribution in [0.15, 0.2) is 29.0 Å². The van der Waals surface area contributed by atoms with E-state index in [1.807, 2.05) is 6.07 Å². The molecule has 2 aromatic heterocycles. The second-order valence-electron chi connectivity index (χ2n) is 8.61. The van der Waals surface area contributed by atoms with Crippen molar-refractivity contribution in [3.63, 3.8) is 0 Å². The van der Waals surface area contributed by atoms with Crippen LogP contribution in [0, 0.1) is 0 Å². The zero-order valence-corrected chi connectivity index (χ0v) is 19.9. The number of H-pyrrole nitrogens is 1. The summed E-state index contributed by atoms with van der Waals surface area (Å²) in [4.78, 5) is 14.8. The lowest BCUT2D eigenvalue weighted by molar-refractivity contribution is 0.109. The van der Waals surface area contributed by atoms with Crippen molar-refractivity contribution in [3.8, 4) is 0 Å². The first-order chi connectivity index (χ1) is 14.9. The van der Waals surface area contributed by atoms with Crippen LogP contribution in [-0.2, 0) is 10.0 Å². The highest BCUT2D eigenvalue weighted by atomic mass is 79.9. The monoisotopic (exact) mass is 506 g/mol. The van der Waals surface area contributed by atoms with E-state index in [4.69, 9.17) is 0 Å². The summed E-state index contributed by atoms with van der Waals surface area (Å²) in [7, 11) is -3.08. The molecule has 1 saturated carbocycles. The molecule has 166 valence electrons. The number of anilines is 1. The maximum atomic E-state index is 11.7. The van der Waals surface area contributed by atoms with Gasteiger partial charge in [0.25, 0.3) is 0 Å². The number of halogens is 1. The fourth-order valence-electron chi connectivity index (χ4n) is 4.98. The number of nitrogens with one attached hydrogen (secondary N) is 2. The average Bonchev–Trinajstić information content (AvgIpc) is 3.12. The van der Waals surface area contributed by atoms with E-state index in [0.717, 1.165) is 71.0 Å². The topological polar surface area (TPSA) is 94.2 Å². The molecule has 5 rings (SSSR count). The van der Waals surface area contributed by atoms with Gasteiger partial charge in [0.05, 0.1) is 11.6 Å². The summed E-state index contributed by atoms with van der Waals surface area (Å²) in [6, 6.07) is 7.10. The number of aromatic amines is 1. The smallest absolute Gasteiger partial charge is 0.211 e. The lowest BCUT2D eigenvalue weighted by Crippen LogP contribution is -2.52. The molecule has 0 spiro atoms. The van der Waals surface area contributed by atoms with Gasteiger partial charge in [-0.05, 0) is 43.9 Å². The van der Waals surface area contributed by atoms with Crippen molar-refractivity contribution in [1.82, 2.24) is 24.2 Å². The number of rotatable bonds is 4. The number of piperazine rings is 1. The molecule has 3 heterocycles. The quantitative estimate of drug-likeness (QED) is 0.564. The summed E-state index contributed by atoms with van der Waals surface area (Å²) in [6.45, 7) is 2.86. The van der Waals surface area contributed by atoms with E-state index in [2.05, 4.69) is 53.2 Å². The minimum absolute atomic E-state index is 0.378. The van der Waals surface area contributed by atoms with E-state index in [1.165, 1.54) is 6.26 Å². The molecule has 1 aliphatic heterocycles. The normalized spacial score (nSPS) is 24.1. The number of benzene rings is 1. The van der Waals surface area contributed by atoms with Gasteiger partial charge in [0.15, 0.2) is 0 Å². The summed E-state index contributed by atoms with van der Waals surface area (Å²) in [5.41, 5.74) is 1.90. The van der Waals surface area contributed by atoms with Crippen molar-refractivity contribution >= 4 is 53.7 Å². The maximum absolute atomic E-state index is 11.7. The van der Waals surface area contributed by atoms with Crippen molar-refractivity contribution in [2.24, 2.45) is 0 Å². The molecule has 0 unspecified atom stereocenters. The highest BCUT2D eigenvalue weighted by Gasteiger charge is 2.30. The Hall–Kier alpha value is -1.75. The minimum Gasteiger partial charge on any atom is -0.367 e. The van der Waals surface area contributed by atoms with Gasteiger partial charge in [-0.2, -0.15) is 4.31 Å². The van der Waals surface area contributed by atoms with Gasteiger partial charge >= 0.3 is 0 Å². The molecule has 0 amide bonds. The van der Waals surface area contributed by atoms with Crippen molar-refractivity contribution in [2.75, 3.05) is 37.8 Å². The number of aromatic nitrogens is 3. The molecule has 1 saturated heterocycles. The second kappa shape index (κ2) is 8.31. The zero-order valence-electron chi connectivity index (χ0n) is 17.5. The van der Waals surface area contributed by atoms with Crippen molar-refractivity contribution in [3.05, 3.63) is 29.0 Å². The van der Waals surface area contributed by atoms with Crippen molar-refractivity contribution in [2.45, 2.75) is 37.8 Å². The first-order valence-electron chi connectivity index (χ1n) is 10.8. The molecular weight excluding hydrogens is 480 g/mol. The van der Waals surface area contributed by atoms with Gasteiger partial charge in [-0.25, -0.2) is 18.4 Å². The second-order valence-corrected chi connectivity index (χ2v) is 11.5. The van der Waals surface area contributed by atoms with Crippen LogP contribution in [0.5, 0.6) is 0 Å². The van der Waals surface area contributed by atoms with Crippen LogP contribution in [0.1, 0.15) is 25.7 Å². The number of fused-ring (bicyclic) bond motifs is 3. The predicted molar refractivity (Wildman–Crippen MR) is 127 cm³/mol. The molecule has 1 aromatic carbocycles. The predicted octanol–water partition coefficient (Wildman–Crippen LogP) is 3.17. The summed E-state index contributed by atoms with van der Waals surface area (Å²) in [5.74, 6) is 0.888. The zero-order chi connectivity index (χ0) is 21.6. The van der Waals surface area contributed by atoms with E-state index < -0.39 is 10.0 Å². The molecule has 10 heteroatoms. The SMILES string of the molecule is CS(=O)(=O)N1CCN([C@H]2CC[C@H](Nc3ncnc4[nH]c5ccc(Br)cc5c34)CC2)CC1. The first-order valence-corrected chi connectivity index (χ1v) is 13.4. The van der Waals surface area contributed by atoms with Gasteiger partial charge in [-0.1, -0.05) is 15.9 Å². The van der Waals surface area contributed by atoms with Gasteiger partial charge in [0.2, 0.25) is 10.0 Å². The number of nitrogens with zero attached hydrogens (tertiary/aromatic N) is 4. The van der Waals surface area contributed by atoms with Crippen molar-refractivity contribution in [1.29, 1.82) is 0 Å². The summed E-state index contributed by atoms with van der Waals surface area (Å²) in [5, 5.41) is 5.83.